The molecule has 1 atom stereocenters. The van der Waals surface area contributed by atoms with Gasteiger partial charge in [0.2, 0.25) is 0 Å². The zero-order chi connectivity index (χ0) is 11.3. The number of ether oxygens (including phenoxy) is 2. The van der Waals surface area contributed by atoms with Crippen molar-refractivity contribution < 1.29 is 19.4 Å². The van der Waals surface area contributed by atoms with Crippen LogP contribution in [0.5, 0.6) is 0 Å². The Balaban J connectivity index is 2.84. The minimum absolute atomic E-state index is 0.0745. The molecule has 0 aliphatic heterocycles. The number of aliphatic hydroxyl groups excluding tert-OH is 1. The maximum atomic E-state index is 11.7. The molecule has 0 spiro atoms. The third-order valence-corrected chi connectivity index (χ3v) is 2.38. The summed E-state index contributed by atoms with van der Waals surface area (Å²) in [4.78, 5) is 11.7. The number of carbonyl (C=O) groups excluding carboxylic acids is 1. The highest BCUT2D eigenvalue weighted by Gasteiger charge is 2.39. The van der Waals surface area contributed by atoms with Crippen LogP contribution in [0.15, 0.2) is 23.8 Å². The molecule has 1 aliphatic rings. The molecule has 84 valence electrons. The molecular weight excluding hydrogens is 196 g/mol. The van der Waals surface area contributed by atoms with Gasteiger partial charge in [-0.25, -0.2) is 4.79 Å². The topological polar surface area (TPSA) is 55.8 Å². The fourth-order valence-corrected chi connectivity index (χ4v) is 1.52. The number of aliphatic hydroxyl groups is 1. The van der Waals surface area contributed by atoms with Crippen LogP contribution >= 0.6 is 0 Å². The van der Waals surface area contributed by atoms with Gasteiger partial charge in [0.05, 0.1) is 13.2 Å². The van der Waals surface area contributed by atoms with E-state index in [4.69, 9.17) is 14.6 Å². The normalized spacial score (nSPS) is 24.9. The molecule has 0 aromatic rings. The van der Waals surface area contributed by atoms with Gasteiger partial charge >= 0.3 is 5.97 Å². The summed E-state index contributed by atoms with van der Waals surface area (Å²) in [6, 6.07) is 0. The van der Waals surface area contributed by atoms with Crippen LogP contribution in [0.1, 0.15) is 13.3 Å². The molecule has 0 fully saturated rings. The standard InChI is InChI=1S/C11H16O4/c1-3-15-10(13)11(14-2)6-4-5-9(7-11)8-12/h4-6,12H,3,7-8H2,1-2H3. The van der Waals surface area contributed by atoms with E-state index in [1.165, 1.54) is 7.11 Å². The van der Waals surface area contributed by atoms with Crippen LogP contribution in [-0.2, 0) is 14.3 Å². The summed E-state index contributed by atoms with van der Waals surface area (Å²) in [5, 5.41) is 9.02. The van der Waals surface area contributed by atoms with Crippen molar-refractivity contribution in [2.24, 2.45) is 0 Å². The van der Waals surface area contributed by atoms with Crippen LogP contribution < -0.4 is 0 Å². The van der Waals surface area contributed by atoms with Gasteiger partial charge in [-0.2, -0.15) is 0 Å². The summed E-state index contributed by atoms with van der Waals surface area (Å²) in [5.74, 6) is -0.414. The Hall–Kier alpha value is -1.13. The molecule has 4 nitrogen and oxygen atoms in total. The highest BCUT2D eigenvalue weighted by molar-refractivity contribution is 5.83. The molecule has 0 heterocycles. The summed E-state index contributed by atoms with van der Waals surface area (Å²) in [7, 11) is 1.46. The molecule has 0 aromatic carbocycles. The lowest BCUT2D eigenvalue weighted by Gasteiger charge is -2.29. The van der Waals surface area contributed by atoms with E-state index in [1.807, 2.05) is 0 Å². The van der Waals surface area contributed by atoms with Gasteiger partial charge in [0.15, 0.2) is 5.60 Å². The van der Waals surface area contributed by atoms with E-state index >= 15 is 0 Å². The first-order valence-corrected chi connectivity index (χ1v) is 4.89. The van der Waals surface area contributed by atoms with Crippen molar-refractivity contribution >= 4 is 5.97 Å². The van der Waals surface area contributed by atoms with Crippen molar-refractivity contribution in [2.45, 2.75) is 18.9 Å². The quantitative estimate of drug-likeness (QED) is 0.701. The maximum Gasteiger partial charge on any atom is 0.342 e. The molecule has 0 saturated carbocycles. The lowest BCUT2D eigenvalue weighted by Crippen LogP contribution is -2.42. The van der Waals surface area contributed by atoms with Crippen LogP contribution in [0.3, 0.4) is 0 Å². The fraction of sp³-hybridized carbons (Fsp3) is 0.545. The van der Waals surface area contributed by atoms with Crippen molar-refractivity contribution in [3.63, 3.8) is 0 Å². The largest absolute Gasteiger partial charge is 0.464 e. The van der Waals surface area contributed by atoms with Gasteiger partial charge in [-0.15, -0.1) is 0 Å². The van der Waals surface area contributed by atoms with Crippen LogP contribution in [-0.4, -0.2) is 37.0 Å². The summed E-state index contributed by atoms with van der Waals surface area (Å²) >= 11 is 0. The van der Waals surface area contributed by atoms with Crippen molar-refractivity contribution in [2.75, 3.05) is 20.3 Å². The van der Waals surface area contributed by atoms with E-state index in [9.17, 15) is 4.79 Å². The molecular formula is C11H16O4. The Morgan fingerprint density at radius 1 is 1.67 bits per heavy atom. The molecule has 0 saturated heterocycles. The third kappa shape index (κ3) is 2.46. The molecule has 1 unspecified atom stereocenters. The SMILES string of the molecule is CCOC(=O)C1(OC)C=CC=C(CO)C1. The lowest BCUT2D eigenvalue weighted by atomic mass is 9.90. The summed E-state index contributed by atoms with van der Waals surface area (Å²) in [5.41, 5.74) is -0.310. The number of methoxy groups -OCH3 is 1. The van der Waals surface area contributed by atoms with E-state index in [-0.39, 0.29) is 6.61 Å². The molecule has 0 amide bonds. The van der Waals surface area contributed by atoms with Crippen LogP contribution in [0.4, 0.5) is 0 Å². The second kappa shape index (κ2) is 5.09. The Morgan fingerprint density at radius 2 is 2.40 bits per heavy atom. The van der Waals surface area contributed by atoms with Gasteiger partial charge in [0.1, 0.15) is 0 Å². The molecule has 0 bridgehead atoms. The first kappa shape index (κ1) is 11.9. The summed E-state index contributed by atoms with van der Waals surface area (Å²) in [6.07, 6.45) is 5.48. The number of hydrogen-bond acceptors (Lipinski definition) is 4. The predicted octanol–water partition coefficient (Wildman–Crippen LogP) is 0.813. The van der Waals surface area contributed by atoms with E-state index in [2.05, 4.69) is 0 Å². The van der Waals surface area contributed by atoms with Crippen LogP contribution in [0.25, 0.3) is 0 Å². The number of allylic oxidation sites excluding steroid dienone is 2. The van der Waals surface area contributed by atoms with Gasteiger partial charge in [-0.05, 0) is 18.6 Å². The van der Waals surface area contributed by atoms with E-state index in [0.29, 0.717) is 13.0 Å². The monoisotopic (exact) mass is 212 g/mol. The Labute approximate surface area is 89.2 Å². The van der Waals surface area contributed by atoms with E-state index in [1.54, 1.807) is 25.2 Å². The molecule has 4 heteroatoms. The molecule has 1 rings (SSSR count). The number of hydrogen-bond donors (Lipinski definition) is 1. The van der Waals surface area contributed by atoms with Gasteiger partial charge in [0, 0.05) is 13.5 Å². The average molecular weight is 212 g/mol. The Bertz CT molecular complexity index is 293. The van der Waals surface area contributed by atoms with E-state index in [0.717, 1.165) is 5.57 Å². The average Bonchev–Trinajstić information content (AvgIpc) is 2.29. The van der Waals surface area contributed by atoms with Crippen molar-refractivity contribution in [1.29, 1.82) is 0 Å². The first-order chi connectivity index (χ1) is 7.18. The molecule has 1 N–H and O–H groups in total. The predicted molar refractivity (Wildman–Crippen MR) is 55.3 cm³/mol. The van der Waals surface area contributed by atoms with Gasteiger partial charge in [0.25, 0.3) is 0 Å². The highest BCUT2D eigenvalue weighted by atomic mass is 16.6. The lowest BCUT2D eigenvalue weighted by molar-refractivity contribution is -0.163. The van der Waals surface area contributed by atoms with Crippen LogP contribution in [0, 0.1) is 0 Å². The zero-order valence-corrected chi connectivity index (χ0v) is 9.03. The fourth-order valence-electron chi connectivity index (χ4n) is 1.52. The molecule has 0 aromatic heterocycles. The Kier molecular flexibility index (Phi) is 4.05. The van der Waals surface area contributed by atoms with Crippen molar-refractivity contribution in [1.82, 2.24) is 0 Å². The number of carbonyl (C=O) groups is 1. The smallest absolute Gasteiger partial charge is 0.342 e. The minimum atomic E-state index is -1.07. The summed E-state index contributed by atoms with van der Waals surface area (Å²) < 4.78 is 10.2. The first-order valence-electron chi connectivity index (χ1n) is 4.89. The van der Waals surface area contributed by atoms with Crippen molar-refractivity contribution in [3.05, 3.63) is 23.8 Å². The van der Waals surface area contributed by atoms with Gasteiger partial charge < -0.3 is 14.6 Å². The highest BCUT2D eigenvalue weighted by Crippen LogP contribution is 2.27. The second-order valence-corrected chi connectivity index (χ2v) is 3.33. The van der Waals surface area contributed by atoms with E-state index < -0.39 is 11.6 Å². The third-order valence-electron chi connectivity index (χ3n) is 2.38. The minimum Gasteiger partial charge on any atom is -0.464 e. The summed E-state index contributed by atoms with van der Waals surface area (Å²) in [6.45, 7) is 1.99. The molecule has 15 heavy (non-hydrogen) atoms. The van der Waals surface area contributed by atoms with Gasteiger partial charge in [-0.3, -0.25) is 0 Å². The zero-order valence-electron chi connectivity index (χ0n) is 9.03. The maximum absolute atomic E-state index is 11.7. The van der Waals surface area contributed by atoms with Crippen LogP contribution in [0.2, 0.25) is 0 Å². The van der Waals surface area contributed by atoms with Crippen molar-refractivity contribution in [3.8, 4) is 0 Å². The molecule has 1 aliphatic carbocycles. The number of esters is 1. The second-order valence-electron chi connectivity index (χ2n) is 3.33. The molecule has 0 radical (unpaired) electrons. The Morgan fingerprint density at radius 3 is 2.93 bits per heavy atom. The van der Waals surface area contributed by atoms with Gasteiger partial charge in [-0.1, -0.05) is 12.2 Å². The number of rotatable bonds is 4.